The Balaban J connectivity index is 1.83. The highest BCUT2D eigenvalue weighted by molar-refractivity contribution is 6.36. The summed E-state index contributed by atoms with van der Waals surface area (Å²) >= 11 is 12.4. The molecule has 4 rings (SSSR count). The van der Waals surface area contributed by atoms with Crippen LogP contribution in [0, 0.1) is 0 Å². The van der Waals surface area contributed by atoms with Crippen molar-refractivity contribution in [1.29, 1.82) is 0 Å². The largest absolute Gasteiger partial charge is 0.464 e. The predicted molar refractivity (Wildman–Crippen MR) is 109 cm³/mol. The zero-order valence-electron chi connectivity index (χ0n) is 15.2. The molecule has 0 N–H and O–H groups in total. The van der Waals surface area contributed by atoms with E-state index in [4.69, 9.17) is 33.0 Å². The summed E-state index contributed by atoms with van der Waals surface area (Å²) in [4.78, 5) is 16.0. The molecular formula is C20H16Cl2N4O2. The number of aryl methyl sites for hydroxylation is 1. The van der Waals surface area contributed by atoms with Gasteiger partial charge in [-0.05, 0) is 12.1 Å². The lowest BCUT2D eigenvalue weighted by Gasteiger charge is -2.08. The fourth-order valence-electron chi connectivity index (χ4n) is 3.26. The number of esters is 1. The summed E-state index contributed by atoms with van der Waals surface area (Å²) in [5.74, 6) is -0.433. The molecular weight excluding hydrogens is 399 g/mol. The first-order valence-electron chi connectivity index (χ1n) is 8.48. The van der Waals surface area contributed by atoms with Crippen LogP contribution in [0.25, 0.3) is 22.0 Å². The molecule has 0 aliphatic heterocycles. The van der Waals surface area contributed by atoms with Crippen LogP contribution >= 0.6 is 23.2 Å². The van der Waals surface area contributed by atoms with Crippen LogP contribution in [0.5, 0.6) is 0 Å². The van der Waals surface area contributed by atoms with Crippen molar-refractivity contribution < 1.29 is 9.53 Å². The molecule has 142 valence electrons. The second-order valence-corrected chi connectivity index (χ2v) is 7.14. The van der Waals surface area contributed by atoms with E-state index in [1.54, 1.807) is 27.7 Å². The molecule has 2 heterocycles. The Labute approximate surface area is 171 Å². The Bertz CT molecular complexity index is 1200. The van der Waals surface area contributed by atoms with Gasteiger partial charge in [-0.1, -0.05) is 47.5 Å². The molecule has 0 bridgehead atoms. The van der Waals surface area contributed by atoms with Crippen molar-refractivity contribution in [2.75, 3.05) is 7.11 Å². The number of hydrogen-bond donors (Lipinski definition) is 0. The van der Waals surface area contributed by atoms with Crippen molar-refractivity contribution in [3.05, 3.63) is 70.4 Å². The molecule has 0 saturated carbocycles. The number of halogens is 2. The third kappa shape index (κ3) is 3.15. The lowest BCUT2D eigenvalue weighted by molar-refractivity contribution is 0.0589. The number of imidazole rings is 1. The van der Waals surface area contributed by atoms with E-state index >= 15 is 0 Å². The average Bonchev–Trinajstić information content (AvgIpc) is 3.26. The zero-order chi connectivity index (χ0) is 19.8. The molecule has 0 amide bonds. The number of methoxy groups -OCH3 is 1. The first-order chi connectivity index (χ1) is 13.5. The molecule has 8 heteroatoms. The van der Waals surface area contributed by atoms with Gasteiger partial charge in [-0.15, -0.1) is 0 Å². The van der Waals surface area contributed by atoms with Gasteiger partial charge in [0.15, 0.2) is 0 Å². The molecule has 0 unspecified atom stereocenters. The Kier molecular flexibility index (Phi) is 4.83. The summed E-state index contributed by atoms with van der Waals surface area (Å²) < 4.78 is 8.37. The predicted octanol–water partition coefficient (Wildman–Crippen LogP) is 4.58. The number of hydrogen-bond acceptors (Lipinski definition) is 4. The average molecular weight is 415 g/mol. The Hall–Kier alpha value is -2.83. The molecule has 0 saturated heterocycles. The molecule has 6 nitrogen and oxygen atoms in total. The molecule has 0 aliphatic rings. The molecule has 0 spiro atoms. The van der Waals surface area contributed by atoms with Crippen molar-refractivity contribution in [2.24, 2.45) is 7.05 Å². The minimum absolute atomic E-state index is 0.383. The summed E-state index contributed by atoms with van der Waals surface area (Å²) in [5, 5.41) is 6.82. The van der Waals surface area contributed by atoms with Crippen molar-refractivity contribution >= 4 is 40.1 Å². The van der Waals surface area contributed by atoms with Crippen molar-refractivity contribution in [2.45, 2.75) is 6.54 Å². The van der Waals surface area contributed by atoms with Gasteiger partial charge in [0.05, 0.1) is 31.9 Å². The molecule has 2 aromatic carbocycles. The number of fused-ring (bicyclic) bond motifs is 1. The number of ether oxygens (including phenoxy) is 1. The smallest absolute Gasteiger partial charge is 0.356 e. The van der Waals surface area contributed by atoms with Crippen molar-refractivity contribution in [3.8, 4) is 11.1 Å². The number of carbonyl (C=O) groups is 1. The second-order valence-electron chi connectivity index (χ2n) is 6.29. The summed E-state index contributed by atoms with van der Waals surface area (Å²) in [6, 6.07) is 11.3. The van der Waals surface area contributed by atoms with Gasteiger partial charge in [-0.2, -0.15) is 5.10 Å². The van der Waals surface area contributed by atoms with Gasteiger partial charge in [-0.3, -0.25) is 4.68 Å². The normalized spacial score (nSPS) is 11.1. The van der Waals surface area contributed by atoms with Crippen LogP contribution in [0.15, 0.2) is 48.9 Å². The van der Waals surface area contributed by atoms with E-state index in [9.17, 15) is 4.79 Å². The lowest BCUT2D eigenvalue weighted by Crippen LogP contribution is -2.12. The maximum absolute atomic E-state index is 11.9. The van der Waals surface area contributed by atoms with Crippen LogP contribution in [0.1, 0.15) is 16.2 Å². The SMILES string of the molecule is COC(=O)c1cncn1Cc1c2cccc(-c3ccc(Cl)cc3Cl)c2nn1C. The van der Waals surface area contributed by atoms with Crippen molar-refractivity contribution in [3.63, 3.8) is 0 Å². The van der Waals surface area contributed by atoms with E-state index in [-0.39, 0.29) is 0 Å². The topological polar surface area (TPSA) is 61.9 Å². The summed E-state index contributed by atoms with van der Waals surface area (Å²) in [7, 11) is 3.22. The van der Waals surface area contributed by atoms with E-state index in [1.807, 2.05) is 31.3 Å². The summed E-state index contributed by atoms with van der Waals surface area (Å²) in [5.41, 5.74) is 3.92. The van der Waals surface area contributed by atoms with Crippen LogP contribution in [-0.4, -0.2) is 32.4 Å². The number of carbonyl (C=O) groups excluding carboxylic acids is 1. The summed E-state index contributed by atoms with van der Waals surface area (Å²) in [6.45, 7) is 0.426. The van der Waals surface area contributed by atoms with Gasteiger partial charge < -0.3 is 9.30 Å². The Morgan fingerprint density at radius 3 is 2.75 bits per heavy atom. The maximum Gasteiger partial charge on any atom is 0.356 e. The fourth-order valence-corrected chi connectivity index (χ4v) is 3.77. The lowest BCUT2D eigenvalue weighted by atomic mass is 10.0. The molecule has 2 aromatic heterocycles. The first-order valence-corrected chi connectivity index (χ1v) is 9.23. The highest BCUT2D eigenvalue weighted by Crippen LogP contribution is 2.35. The summed E-state index contributed by atoms with van der Waals surface area (Å²) in [6.07, 6.45) is 3.09. The van der Waals surface area contributed by atoms with Gasteiger partial charge in [0, 0.05) is 33.6 Å². The van der Waals surface area contributed by atoms with E-state index in [0.29, 0.717) is 22.3 Å². The van der Waals surface area contributed by atoms with Crippen LogP contribution in [-0.2, 0) is 18.3 Å². The number of benzene rings is 2. The van der Waals surface area contributed by atoms with Gasteiger partial charge >= 0.3 is 5.97 Å². The van der Waals surface area contributed by atoms with Crippen LogP contribution < -0.4 is 0 Å². The standard InChI is InChI=1S/C20H16Cl2N4O2/c1-25-18(10-26-11-23-9-17(26)20(27)28-2)15-5-3-4-14(19(15)24-25)13-7-6-12(21)8-16(13)22/h3-9,11H,10H2,1-2H3. The maximum atomic E-state index is 11.9. The van der Waals surface area contributed by atoms with Crippen LogP contribution in [0.3, 0.4) is 0 Å². The first kappa shape index (κ1) is 18.5. The number of aromatic nitrogens is 4. The van der Waals surface area contributed by atoms with E-state index in [2.05, 4.69) is 4.98 Å². The molecule has 4 aromatic rings. The highest BCUT2D eigenvalue weighted by Gasteiger charge is 2.18. The Morgan fingerprint density at radius 1 is 1.18 bits per heavy atom. The highest BCUT2D eigenvalue weighted by atomic mass is 35.5. The van der Waals surface area contributed by atoms with E-state index < -0.39 is 5.97 Å². The number of nitrogens with zero attached hydrogens (tertiary/aromatic N) is 4. The molecule has 28 heavy (non-hydrogen) atoms. The second kappa shape index (κ2) is 7.30. The number of rotatable bonds is 4. The fraction of sp³-hybridized carbons (Fsp3) is 0.150. The molecule has 0 atom stereocenters. The quantitative estimate of drug-likeness (QED) is 0.458. The van der Waals surface area contributed by atoms with Gasteiger partial charge in [0.2, 0.25) is 0 Å². The minimum atomic E-state index is -0.433. The third-order valence-electron chi connectivity index (χ3n) is 4.64. The van der Waals surface area contributed by atoms with E-state index in [0.717, 1.165) is 27.7 Å². The minimum Gasteiger partial charge on any atom is -0.464 e. The van der Waals surface area contributed by atoms with Gasteiger partial charge in [-0.25, -0.2) is 9.78 Å². The molecule has 0 fully saturated rings. The monoisotopic (exact) mass is 414 g/mol. The molecule has 0 radical (unpaired) electrons. The van der Waals surface area contributed by atoms with E-state index in [1.165, 1.54) is 13.3 Å². The zero-order valence-corrected chi connectivity index (χ0v) is 16.7. The van der Waals surface area contributed by atoms with Gasteiger partial charge in [0.25, 0.3) is 0 Å². The van der Waals surface area contributed by atoms with Crippen LogP contribution in [0.4, 0.5) is 0 Å². The van der Waals surface area contributed by atoms with Crippen molar-refractivity contribution in [1.82, 2.24) is 19.3 Å². The van der Waals surface area contributed by atoms with Crippen LogP contribution in [0.2, 0.25) is 10.0 Å². The molecule has 0 aliphatic carbocycles. The van der Waals surface area contributed by atoms with Gasteiger partial charge in [0.1, 0.15) is 11.2 Å². The third-order valence-corrected chi connectivity index (χ3v) is 5.18. The Morgan fingerprint density at radius 2 is 2.00 bits per heavy atom.